The second-order valence-electron chi connectivity index (χ2n) is 6.91. The zero-order chi connectivity index (χ0) is 18.2. The van der Waals surface area contributed by atoms with Crippen molar-refractivity contribution in [3.8, 4) is 0 Å². The third kappa shape index (κ3) is 2.83. The molecule has 134 valence electrons. The lowest BCUT2D eigenvalue weighted by molar-refractivity contribution is 0.0606. The summed E-state index contributed by atoms with van der Waals surface area (Å²) in [6.45, 7) is 0.751. The molecule has 1 aromatic carbocycles. The highest BCUT2D eigenvalue weighted by molar-refractivity contribution is 5.98. The Morgan fingerprint density at radius 3 is 3.00 bits per heavy atom. The van der Waals surface area contributed by atoms with Gasteiger partial charge in [0.1, 0.15) is 0 Å². The molecule has 6 heteroatoms. The van der Waals surface area contributed by atoms with E-state index < -0.39 is 0 Å². The average molecular weight is 357 g/mol. The molecule has 0 aliphatic carbocycles. The fourth-order valence-electron chi connectivity index (χ4n) is 3.87. The van der Waals surface area contributed by atoms with E-state index in [4.69, 9.17) is 4.98 Å². The van der Waals surface area contributed by atoms with Crippen molar-refractivity contribution in [3.63, 3.8) is 0 Å². The van der Waals surface area contributed by atoms with Crippen LogP contribution in [0.4, 0.5) is 0 Å². The van der Waals surface area contributed by atoms with Crippen molar-refractivity contribution in [1.82, 2.24) is 24.5 Å². The fourth-order valence-corrected chi connectivity index (χ4v) is 3.87. The third-order valence-corrected chi connectivity index (χ3v) is 5.23. The predicted octanol–water partition coefficient (Wildman–Crippen LogP) is 3.64. The number of carbonyl (C=O) groups excluding carboxylic acids is 1. The number of piperidine rings is 1. The normalized spacial score (nSPS) is 17.5. The molecular weight excluding hydrogens is 338 g/mol. The lowest BCUT2D eigenvalue weighted by Crippen LogP contribution is -2.38. The molecule has 0 bridgehead atoms. The van der Waals surface area contributed by atoms with Gasteiger partial charge in [-0.1, -0.05) is 6.07 Å². The van der Waals surface area contributed by atoms with Crippen LogP contribution in [0, 0.1) is 0 Å². The summed E-state index contributed by atoms with van der Waals surface area (Å²) < 4.78 is 1.74. The molecule has 0 saturated carbocycles. The van der Waals surface area contributed by atoms with Crippen LogP contribution in [0.15, 0.2) is 61.1 Å². The van der Waals surface area contributed by atoms with Crippen LogP contribution in [0.3, 0.4) is 0 Å². The van der Waals surface area contributed by atoms with Gasteiger partial charge in [0.15, 0.2) is 5.65 Å². The van der Waals surface area contributed by atoms with Crippen molar-refractivity contribution in [2.75, 3.05) is 6.54 Å². The zero-order valence-corrected chi connectivity index (χ0v) is 14.8. The molecule has 1 atom stereocenters. The highest BCUT2D eigenvalue weighted by Gasteiger charge is 2.30. The summed E-state index contributed by atoms with van der Waals surface area (Å²) in [7, 11) is 0. The van der Waals surface area contributed by atoms with E-state index in [1.165, 1.54) is 0 Å². The first-order valence-electron chi connectivity index (χ1n) is 9.26. The smallest absolute Gasteiger partial charge is 0.254 e. The summed E-state index contributed by atoms with van der Waals surface area (Å²) in [4.78, 5) is 24.3. The molecule has 27 heavy (non-hydrogen) atoms. The number of hydrogen-bond donors (Lipinski definition) is 0. The van der Waals surface area contributed by atoms with Crippen LogP contribution in [-0.4, -0.2) is 36.9 Å². The molecule has 6 nitrogen and oxygen atoms in total. The van der Waals surface area contributed by atoms with Crippen LogP contribution in [-0.2, 0) is 0 Å². The van der Waals surface area contributed by atoms with Crippen LogP contribution in [0.5, 0.6) is 0 Å². The maximum Gasteiger partial charge on any atom is 0.254 e. The summed E-state index contributed by atoms with van der Waals surface area (Å²) in [6.07, 6.45) is 8.46. The number of amides is 1. The van der Waals surface area contributed by atoms with Gasteiger partial charge in [-0.25, -0.2) is 9.50 Å². The van der Waals surface area contributed by atoms with Gasteiger partial charge in [0.2, 0.25) is 0 Å². The van der Waals surface area contributed by atoms with Gasteiger partial charge in [0, 0.05) is 36.0 Å². The van der Waals surface area contributed by atoms with Crippen molar-refractivity contribution in [1.29, 1.82) is 0 Å². The number of benzene rings is 1. The van der Waals surface area contributed by atoms with Gasteiger partial charge in [-0.15, -0.1) is 0 Å². The quantitative estimate of drug-likeness (QED) is 0.549. The topological polar surface area (TPSA) is 63.4 Å². The summed E-state index contributed by atoms with van der Waals surface area (Å²) >= 11 is 0. The number of rotatable bonds is 2. The van der Waals surface area contributed by atoms with Crippen LogP contribution < -0.4 is 0 Å². The van der Waals surface area contributed by atoms with E-state index in [0.29, 0.717) is 5.56 Å². The van der Waals surface area contributed by atoms with Gasteiger partial charge in [-0.2, -0.15) is 5.10 Å². The largest absolute Gasteiger partial charge is 0.330 e. The average Bonchev–Trinajstić information content (AvgIpc) is 3.21. The van der Waals surface area contributed by atoms with Crippen LogP contribution in [0.25, 0.3) is 16.6 Å². The van der Waals surface area contributed by atoms with E-state index in [1.54, 1.807) is 16.9 Å². The minimum Gasteiger partial charge on any atom is -0.330 e. The van der Waals surface area contributed by atoms with E-state index in [9.17, 15) is 4.79 Å². The summed E-state index contributed by atoms with van der Waals surface area (Å²) in [5.74, 6) is 0.0561. The first-order chi connectivity index (χ1) is 13.3. The molecule has 5 rings (SSSR count). The molecule has 1 saturated heterocycles. The number of nitrogens with zero attached hydrogens (tertiary/aromatic N) is 5. The Balaban J connectivity index is 1.51. The Morgan fingerprint density at radius 1 is 1.07 bits per heavy atom. The molecule has 0 radical (unpaired) electrons. The van der Waals surface area contributed by atoms with Crippen LogP contribution in [0.2, 0.25) is 0 Å². The van der Waals surface area contributed by atoms with Gasteiger partial charge < -0.3 is 4.90 Å². The van der Waals surface area contributed by atoms with E-state index >= 15 is 0 Å². The number of likely N-dealkylation sites (tertiary alicyclic amines) is 1. The number of carbonyl (C=O) groups is 1. The van der Waals surface area contributed by atoms with Gasteiger partial charge >= 0.3 is 0 Å². The van der Waals surface area contributed by atoms with Crippen molar-refractivity contribution < 1.29 is 4.79 Å². The maximum atomic E-state index is 13.3. The van der Waals surface area contributed by atoms with Crippen molar-refractivity contribution in [3.05, 3.63) is 72.3 Å². The molecule has 0 unspecified atom stereocenters. The molecule has 4 heterocycles. The first-order valence-corrected chi connectivity index (χ1v) is 9.26. The van der Waals surface area contributed by atoms with E-state index in [1.807, 2.05) is 53.6 Å². The molecule has 1 aliphatic heterocycles. The second-order valence-corrected chi connectivity index (χ2v) is 6.91. The number of hydrogen-bond acceptors (Lipinski definition) is 4. The van der Waals surface area contributed by atoms with Gasteiger partial charge in [0.05, 0.1) is 23.4 Å². The Hall–Kier alpha value is -3.28. The molecule has 1 amide bonds. The molecule has 0 spiro atoms. The Kier molecular flexibility index (Phi) is 3.81. The number of aromatic nitrogens is 4. The highest BCUT2D eigenvalue weighted by Crippen LogP contribution is 2.31. The van der Waals surface area contributed by atoms with Crippen LogP contribution >= 0.6 is 0 Å². The van der Waals surface area contributed by atoms with Gasteiger partial charge in [-0.3, -0.25) is 9.78 Å². The third-order valence-electron chi connectivity index (χ3n) is 5.23. The molecule has 4 aromatic rings. The molecule has 0 N–H and O–H groups in total. The van der Waals surface area contributed by atoms with Crippen molar-refractivity contribution >= 4 is 22.5 Å². The number of pyridine rings is 1. The lowest BCUT2D eigenvalue weighted by atomic mass is 9.97. The summed E-state index contributed by atoms with van der Waals surface area (Å²) in [5, 5.41) is 5.19. The second kappa shape index (κ2) is 6.46. The summed E-state index contributed by atoms with van der Waals surface area (Å²) in [5.41, 5.74) is 3.34. The Morgan fingerprint density at radius 2 is 2.04 bits per heavy atom. The monoisotopic (exact) mass is 357 g/mol. The Labute approximate surface area is 156 Å². The van der Waals surface area contributed by atoms with Crippen molar-refractivity contribution in [2.24, 2.45) is 0 Å². The van der Waals surface area contributed by atoms with E-state index in [-0.39, 0.29) is 11.9 Å². The summed E-state index contributed by atoms with van der Waals surface area (Å²) in [6, 6.07) is 13.5. The van der Waals surface area contributed by atoms with Crippen molar-refractivity contribution in [2.45, 2.75) is 25.3 Å². The van der Waals surface area contributed by atoms with E-state index in [2.05, 4.69) is 10.1 Å². The van der Waals surface area contributed by atoms with Gasteiger partial charge in [-0.05, 0) is 49.6 Å². The molecular formula is C21H19N5O. The lowest BCUT2D eigenvalue weighted by Gasteiger charge is -2.35. The fraction of sp³-hybridized carbons (Fsp3) is 0.238. The SMILES string of the molecule is O=C(c1ccc2ncccc2c1)N1CCCC[C@@H]1c1ccn2nccc2n1. The van der Waals surface area contributed by atoms with E-state index in [0.717, 1.165) is 48.1 Å². The first kappa shape index (κ1) is 15.9. The molecule has 1 aliphatic rings. The maximum absolute atomic E-state index is 13.3. The predicted molar refractivity (Wildman–Crippen MR) is 102 cm³/mol. The molecule has 3 aromatic heterocycles. The molecule has 1 fully saturated rings. The minimum absolute atomic E-state index is 0.00394. The minimum atomic E-state index is -0.00394. The highest BCUT2D eigenvalue weighted by atomic mass is 16.2. The van der Waals surface area contributed by atoms with Crippen LogP contribution in [0.1, 0.15) is 41.4 Å². The zero-order valence-electron chi connectivity index (χ0n) is 14.8. The standard InChI is InChI=1S/C21H19N5O/c27-21(16-6-7-17-15(14-16)4-3-10-22-17)25-12-2-1-5-19(25)18-9-13-26-20(24-18)8-11-23-26/h3-4,6-11,13-14,19H,1-2,5,12H2/t19-/m1/s1. The van der Waals surface area contributed by atoms with Gasteiger partial charge in [0.25, 0.3) is 5.91 Å². The number of fused-ring (bicyclic) bond motifs is 2. The Bertz CT molecular complexity index is 1140.